The van der Waals surface area contributed by atoms with Crippen LogP contribution in [0.1, 0.15) is 19.4 Å². The number of nitrogens with one attached hydrogen (secondary N) is 1. The van der Waals surface area contributed by atoms with Gasteiger partial charge in [0.15, 0.2) is 5.56 Å². The Morgan fingerprint density at radius 1 is 1.16 bits per heavy atom. The molecule has 0 spiro atoms. The third-order valence-electron chi connectivity index (χ3n) is 4.23. The van der Waals surface area contributed by atoms with E-state index >= 15 is 0 Å². The van der Waals surface area contributed by atoms with Gasteiger partial charge in [0.05, 0.1) is 6.54 Å². The highest BCUT2D eigenvalue weighted by Crippen LogP contribution is 2.16. The predicted molar refractivity (Wildman–Crippen MR) is 93.6 cm³/mol. The Balaban J connectivity index is 2.17. The molecule has 2 rings (SSSR count). The van der Waals surface area contributed by atoms with Crippen LogP contribution in [0.4, 0.5) is 5.82 Å². The molecular weight excluding hydrogens is 324 g/mol. The van der Waals surface area contributed by atoms with E-state index < -0.39 is 11.2 Å². The molecular formula is C16H24N6O3. The Kier molecular flexibility index (Phi) is 5.64. The summed E-state index contributed by atoms with van der Waals surface area (Å²) in [6.07, 6.45) is 0. The molecule has 0 bridgehead atoms. The summed E-state index contributed by atoms with van der Waals surface area (Å²) >= 11 is 0. The van der Waals surface area contributed by atoms with E-state index in [-0.39, 0.29) is 17.5 Å². The van der Waals surface area contributed by atoms with E-state index in [0.717, 1.165) is 4.57 Å². The van der Waals surface area contributed by atoms with Gasteiger partial charge in [-0.05, 0) is 13.8 Å². The van der Waals surface area contributed by atoms with Crippen molar-refractivity contribution in [2.24, 2.45) is 14.1 Å². The van der Waals surface area contributed by atoms with Crippen molar-refractivity contribution >= 4 is 11.7 Å². The summed E-state index contributed by atoms with van der Waals surface area (Å²) in [7, 11) is 2.92. The highest BCUT2D eigenvalue weighted by molar-refractivity contribution is 5.78. The summed E-state index contributed by atoms with van der Waals surface area (Å²) in [6.45, 7) is 6.42. The molecule has 25 heavy (non-hydrogen) atoms. The second-order valence-corrected chi connectivity index (χ2v) is 6.50. The Hall–Kier alpha value is -2.60. The normalized spacial score (nSPS) is 15.3. The van der Waals surface area contributed by atoms with Crippen molar-refractivity contribution in [3.8, 4) is 6.07 Å². The minimum Gasteiger partial charge on any atom is -0.354 e. The van der Waals surface area contributed by atoms with Gasteiger partial charge in [-0.2, -0.15) is 5.26 Å². The van der Waals surface area contributed by atoms with Crippen molar-refractivity contribution in [2.75, 3.05) is 37.6 Å². The molecule has 2 heterocycles. The van der Waals surface area contributed by atoms with Gasteiger partial charge < -0.3 is 10.2 Å². The predicted octanol–water partition coefficient (Wildman–Crippen LogP) is -1.40. The van der Waals surface area contributed by atoms with Crippen LogP contribution in [0.3, 0.4) is 0 Å². The molecule has 1 aliphatic rings. The van der Waals surface area contributed by atoms with E-state index in [1.807, 2.05) is 29.7 Å². The van der Waals surface area contributed by atoms with Gasteiger partial charge in [0.1, 0.15) is 11.9 Å². The number of carbonyl (C=O) groups is 1. The number of piperazine rings is 1. The fourth-order valence-corrected chi connectivity index (χ4v) is 2.99. The molecule has 0 aliphatic carbocycles. The maximum atomic E-state index is 12.2. The number of nitriles is 1. The third-order valence-corrected chi connectivity index (χ3v) is 4.23. The summed E-state index contributed by atoms with van der Waals surface area (Å²) in [5.41, 5.74) is -1.08. The molecule has 136 valence electrons. The van der Waals surface area contributed by atoms with Crippen LogP contribution < -0.4 is 21.5 Å². The topological polar surface area (TPSA) is 103 Å². The molecule has 1 N–H and O–H groups in total. The number of anilines is 1. The van der Waals surface area contributed by atoms with Crippen molar-refractivity contribution in [3.05, 3.63) is 26.4 Å². The minimum absolute atomic E-state index is 0.0258. The molecule has 1 aromatic heterocycles. The Bertz CT molecular complexity index is 809. The van der Waals surface area contributed by atoms with Gasteiger partial charge in [0.2, 0.25) is 5.91 Å². The largest absolute Gasteiger partial charge is 0.354 e. The summed E-state index contributed by atoms with van der Waals surface area (Å²) in [4.78, 5) is 40.1. The molecule has 0 aromatic carbocycles. The number of carbonyl (C=O) groups excluding carboxylic acids is 1. The first-order valence-electron chi connectivity index (χ1n) is 8.23. The Labute approximate surface area is 146 Å². The first-order chi connectivity index (χ1) is 11.8. The van der Waals surface area contributed by atoms with E-state index in [0.29, 0.717) is 38.5 Å². The lowest BCUT2D eigenvalue weighted by Gasteiger charge is -2.36. The lowest BCUT2D eigenvalue weighted by Crippen LogP contribution is -2.52. The van der Waals surface area contributed by atoms with Crippen molar-refractivity contribution in [1.29, 1.82) is 5.26 Å². The van der Waals surface area contributed by atoms with Crippen LogP contribution >= 0.6 is 0 Å². The van der Waals surface area contributed by atoms with Gasteiger partial charge in [-0.15, -0.1) is 0 Å². The fourth-order valence-electron chi connectivity index (χ4n) is 2.99. The maximum Gasteiger partial charge on any atom is 0.332 e. The molecule has 9 nitrogen and oxygen atoms in total. The SMILES string of the molecule is CC(C)NC(=O)CN1CCN(c2c(C#N)c(=O)n(C)c(=O)n2C)CC1. The molecule has 0 unspecified atom stereocenters. The average molecular weight is 348 g/mol. The number of amides is 1. The number of rotatable bonds is 4. The molecule has 0 saturated carbocycles. The maximum absolute atomic E-state index is 12.2. The molecule has 1 aromatic rings. The zero-order valence-electron chi connectivity index (χ0n) is 15.1. The average Bonchev–Trinajstić information content (AvgIpc) is 2.56. The Morgan fingerprint density at radius 3 is 2.28 bits per heavy atom. The standard InChI is InChI=1S/C16H24N6O3/c1-11(2)18-13(23)10-21-5-7-22(8-6-21)14-12(9-17)15(24)20(4)16(25)19(14)3/h11H,5-8,10H2,1-4H3,(H,18,23). The lowest BCUT2D eigenvalue weighted by molar-refractivity contribution is -0.122. The highest BCUT2D eigenvalue weighted by atomic mass is 16.2. The van der Waals surface area contributed by atoms with Gasteiger partial charge >= 0.3 is 5.69 Å². The summed E-state index contributed by atoms with van der Waals surface area (Å²) in [6, 6.07) is 2.02. The molecule has 1 fully saturated rings. The first-order valence-corrected chi connectivity index (χ1v) is 8.23. The van der Waals surface area contributed by atoms with Gasteiger partial charge in [-0.3, -0.25) is 23.6 Å². The molecule has 0 atom stereocenters. The van der Waals surface area contributed by atoms with Crippen LogP contribution in [0.25, 0.3) is 0 Å². The molecule has 9 heteroatoms. The van der Waals surface area contributed by atoms with Crippen LogP contribution in [0.5, 0.6) is 0 Å². The number of nitrogens with zero attached hydrogens (tertiary/aromatic N) is 5. The van der Waals surface area contributed by atoms with Crippen LogP contribution in [-0.2, 0) is 18.9 Å². The van der Waals surface area contributed by atoms with Crippen LogP contribution in [0.15, 0.2) is 9.59 Å². The molecule has 1 amide bonds. The van der Waals surface area contributed by atoms with Crippen LogP contribution in [0, 0.1) is 11.3 Å². The molecule has 1 saturated heterocycles. The van der Waals surface area contributed by atoms with E-state index in [2.05, 4.69) is 5.32 Å². The minimum atomic E-state index is -0.584. The number of aromatic nitrogens is 2. The van der Waals surface area contributed by atoms with Crippen molar-refractivity contribution in [3.63, 3.8) is 0 Å². The van der Waals surface area contributed by atoms with Crippen molar-refractivity contribution in [2.45, 2.75) is 19.9 Å². The lowest BCUT2D eigenvalue weighted by atomic mass is 10.2. The summed E-state index contributed by atoms with van der Waals surface area (Å²) in [5.74, 6) is 0.323. The smallest absolute Gasteiger partial charge is 0.332 e. The third kappa shape index (κ3) is 3.91. The molecule has 0 radical (unpaired) electrons. The zero-order valence-corrected chi connectivity index (χ0v) is 15.1. The fraction of sp³-hybridized carbons (Fsp3) is 0.625. The Morgan fingerprint density at radius 2 is 1.76 bits per heavy atom. The van der Waals surface area contributed by atoms with Crippen molar-refractivity contribution < 1.29 is 4.79 Å². The summed E-state index contributed by atoms with van der Waals surface area (Å²) in [5, 5.41) is 12.2. The van der Waals surface area contributed by atoms with Gasteiger partial charge in [0.25, 0.3) is 5.56 Å². The van der Waals surface area contributed by atoms with Crippen LogP contribution in [-0.4, -0.2) is 58.7 Å². The second-order valence-electron chi connectivity index (χ2n) is 6.50. The number of hydrogen-bond donors (Lipinski definition) is 1. The van der Waals surface area contributed by atoms with Gasteiger partial charge in [-0.1, -0.05) is 0 Å². The van der Waals surface area contributed by atoms with E-state index in [4.69, 9.17) is 0 Å². The quantitative estimate of drug-likeness (QED) is 0.718. The van der Waals surface area contributed by atoms with E-state index in [1.165, 1.54) is 11.6 Å². The highest BCUT2D eigenvalue weighted by Gasteiger charge is 2.25. The monoisotopic (exact) mass is 348 g/mol. The van der Waals surface area contributed by atoms with Crippen LogP contribution in [0.2, 0.25) is 0 Å². The van der Waals surface area contributed by atoms with Gasteiger partial charge in [-0.25, -0.2) is 4.79 Å². The zero-order chi connectivity index (χ0) is 18.7. The summed E-state index contributed by atoms with van der Waals surface area (Å²) < 4.78 is 2.27. The first kappa shape index (κ1) is 18.7. The molecule has 1 aliphatic heterocycles. The van der Waals surface area contributed by atoms with E-state index in [9.17, 15) is 19.6 Å². The number of hydrogen-bond acceptors (Lipinski definition) is 6. The second kappa shape index (κ2) is 7.53. The van der Waals surface area contributed by atoms with Gasteiger partial charge in [0, 0.05) is 46.3 Å². The van der Waals surface area contributed by atoms with Crippen molar-refractivity contribution in [1.82, 2.24) is 19.4 Å². The van der Waals surface area contributed by atoms with E-state index in [1.54, 1.807) is 7.05 Å².